The number of fused-ring (bicyclic) bond motifs is 4. The molecule has 0 aliphatic carbocycles. The largest absolute Gasteiger partial charge is 0.398 e. The second kappa shape index (κ2) is 6.31. The standard InChI is InChI=1S/C19H17F4N4S/c1-10-13-6-11(20)4-5-15(13)27(16(10)8-19(21,22)23)17-14(26-18(27)24-2)7-12(28-3)9-25-17/h4-7,9H,8H2,1-3H3,(H,24,26)/q+1. The molecule has 3 heterocycles. The summed E-state index contributed by atoms with van der Waals surface area (Å²) in [5.41, 5.74) is 2.00. The first-order chi connectivity index (χ1) is 13.2. The molecule has 0 amide bonds. The highest BCUT2D eigenvalue weighted by Crippen LogP contribution is 2.57. The van der Waals surface area contributed by atoms with E-state index in [0.29, 0.717) is 34.3 Å². The molecule has 9 heteroatoms. The van der Waals surface area contributed by atoms with Gasteiger partial charge in [-0.15, -0.1) is 16.2 Å². The van der Waals surface area contributed by atoms with Gasteiger partial charge in [-0.3, -0.25) is 5.32 Å². The number of pyridine rings is 1. The van der Waals surface area contributed by atoms with Crippen LogP contribution < -0.4 is 9.80 Å². The third-order valence-electron chi connectivity index (χ3n) is 5.10. The highest BCUT2D eigenvalue weighted by Gasteiger charge is 2.59. The van der Waals surface area contributed by atoms with Crippen molar-refractivity contribution in [2.75, 3.05) is 18.6 Å². The van der Waals surface area contributed by atoms with E-state index in [2.05, 4.69) is 15.3 Å². The van der Waals surface area contributed by atoms with Gasteiger partial charge in [0.15, 0.2) is 5.69 Å². The Kier molecular flexibility index (Phi) is 4.27. The van der Waals surface area contributed by atoms with E-state index < -0.39 is 18.4 Å². The number of nitrogens with one attached hydrogen (secondary N) is 1. The zero-order valence-corrected chi connectivity index (χ0v) is 16.2. The number of benzene rings is 1. The van der Waals surface area contributed by atoms with Crippen LogP contribution in [0, 0.1) is 5.82 Å². The zero-order valence-electron chi connectivity index (χ0n) is 15.4. The summed E-state index contributed by atoms with van der Waals surface area (Å²) in [5, 5.41) is 3.13. The molecule has 0 saturated carbocycles. The lowest BCUT2D eigenvalue weighted by molar-refractivity contribution is -0.128. The molecular formula is C19H17F4N4S+. The van der Waals surface area contributed by atoms with E-state index >= 15 is 0 Å². The van der Waals surface area contributed by atoms with Crippen LogP contribution >= 0.6 is 11.8 Å². The quantitative estimate of drug-likeness (QED) is 0.393. The van der Waals surface area contributed by atoms with Crippen molar-refractivity contribution in [3.8, 4) is 0 Å². The van der Waals surface area contributed by atoms with Gasteiger partial charge in [0.25, 0.3) is 5.82 Å². The fourth-order valence-corrected chi connectivity index (χ4v) is 4.39. The Labute approximate surface area is 163 Å². The molecule has 0 fully saturated rings. The summed E-state index contributed by atoms with van der Waals surface area (Å²) in [7, 11) is 1.52. The van der Waals surface area contributed by atoms with Crippen molar-refractivity contribution in [2.45, 2.75) is 24.4 Å². The fraction of sp³-hybridized carbons (Fsp3) is 0.263. The van der Waals surface area contributed by atoms with Gasteiger partial charge in [-0.05, 0) is 31.4 Å². The average Bonchev–Trinajstić information content (AvgIpc) is 3.09. The van der Waals surface area contributed by atoms with E-state index in [1.165, 1.54) is 37.0 Å². The molecule has 2 aliphatic rings. The summed E-state index contributed by atoms with van der Waals surface area (Å²) >= 11 is 1.48. The maximum absolute atomic E-state index is 13.9. The molecule has 0 saturated heterocycles. The van der Waals surface area contributed by atoms with Crippen LogP contribution in [0.4, 0.5) is 34.8 Å². The minimum absolute atomic E-state index is 0.0735. The number of hydrogen-bond donors (Lipinski definition) is 1. The van der Waals surface area contributed by atoms with Crippen LogP contribution in [0.25, 0.3) is 5.57 Å². The molecule has 146 valence electrons. The van der Waals surface area contributed by atoms with Gasteiger partial charge in [-0.2, -0.15) is 13.2 Å². The SMILES string of the molecule is CN=C1Nc2cc(SC)cnc2[N+]12C(CC(F)(F)F)=C(C)c1cc(F)ccc12. The molecule has 1 unspecified atom stereocenters. The zero-order chi connectivity index (χ0) is 20.3. The summed E-state index contributed by atoms with van der Waals surface area (Å²) in [5.74, 6) is 0.213. The van der Waals surface area contributed by atoms with Gasteiger partial charge in [0, 0.05) is 35.3 Å². The number of quaternary nitrogens is 1. The van der Waals surface area contributed by atoms with Crippen LogP contribution in [0.1, 0.15) is 18.9 Å². The van der Waals surface area contributed by atoms with Crippen molar-refractivity contribution >= 4 is 40.5 Å². The van der Waals surface area contributed by atoms with E-state index in [4.69, 9.17) is 0 Å². The normalized spacial score (nSPS) is 22.0. The minimum Gasteiger partial charge on any atom is -0.286 e. The van der Waals surface area contributed by atoms with Crippen LogP contribution in [0.5, 0.6) is 0 Å². The summed E-state index contributed by atoms with van der Waals surface area (Å²) in [6, 6.07) is 5.89. The molecule has 1 spiro atoms. The van der Waals surface area contributed by atoms with Crippen LogP contribution in [-0.4, -0.2) is 30.4 Å². The Bertz CT molecular complexity index is 1040. The number of aromatic nitrogens is 1. The van der Waals surface area contributed by atoms with Gasteiger partial charge in [0.2, 0.25) is 0 Å². The molecule has 1 atom stereocenters. The van der Waals surface area contributed by atoms with Gasteiger partial charge in [0.05, 0.1) is 0 Å². The fourth-order valence-electron chi connectivity index (χ4n) is 4.00. The van der Waals surface area contributed by atoms with E-state index in [1.54, 1.807) is 13.1 Å². The van der Waals surface area contributed by atoms with Gasteiger partial charge in [0.1, 0.15) is 23.6 Å². The van der Waals surface area contributed by atoms with E-state index in [0.717, 1.165) is 4.90 Å². The van der Waals surface area contributed by atoms with E-state index in [-0.39, 0.29) is 10.2 Å². The maximum Gasteiger partial charge on any atom is 0.398 e. The number of anilines is 1. The summed E-state index contributed by atoms with van der Waals surface area (Å²) < 4.78 is 54.2. The first kappa shape index (κ1) is 18.9. The third-order valence-corrected chi connectivity index (χ3v) is 5.80. The number of halogens is 4. The monoisotopic (exact) mass is 409 g/mol. The molecule has 0 radical (unpaired) electrons. The first-order valence-corrected chi connectivity index (χ1v) is 9.70. The molecule has 4 rings (SSSR count). The lowest BCUT2D eigenvalue weighted by Crippen LogP contribution is -2.48. The predicted molar refractivity (Wildman–Crippen MR) is 104 cm³/mol. The number of allylic oxidation sites excluding steroid dienone is 2. The number of thioether (sulfide) groups is 1. The van der Waals surface area contributed by atoms with Crippen molar-refractivity contribution in [1.82, 2.24) is 9.47 Å². The Morgan fingerprint density at radius 1 is 1.25 bits per heavy atom. The Morgan fingerprint density at radius 3 is 2.64 bits per heavy atom. The van der Waals surface area contributed by atoms with Crippen LogP contribution in [-0.2, 0) is 0 Å². The lowest BCUT2D eigenvalue weighted by Gasteiger charge is -2.30. The molecule has 2 aliphatic heterocycles. The van der Waals surface area contributed by atoms with Crippen LogP contribution in [0.2, 0.25) is 0 Å². The molecule has 28 heavy (non-hydrogen) atoms. The summed E-state index contributed by atoms with van der Waals surface area (Å²) in [6.07, 6.45) is -2.07. The Balaban J connectivity index is 2.08. The summed E-state index contributed by atoms with van der Waals surface area (Å²) in [6.45, 7) is 1.59. The average molecular weight is 409 g/mol. The second-order valence-electron chi connectivity index (χ2n) is 6.61. The molecule has 1 aromatic carbocycles. The van der Waals surface area contributed by atoms with Crippen molar-refractivity contribution in [3.05, 3.63) is 47.5 Å². The van der Waals surface area contributed by atoms with Crippen molar-refractivity contribution in [1.29, 1.82) is 0 Å². The molecule has 2 aromatic rings. The number of alkyl halides is 3. The maximum atomic E-state index is 13.9. The van der Waals surface area contributed by atoms with Gasteiger partial charge in [-0.1, -0.05) is 0 Å². The Morgan fingerprint density at radius 2 is 2.00 bits per heavy atom. The van der Waals surface area contributed by atoms with Crippen LogP contribution in [0.3, 0.4) is 0 Å². The number of nitrogens with zero attached hydrogens (tertiary/aromatic N) is 3. The van der Waals surface area contributed by atoms with Gasteiger partial charge in [-0.25, -0.2) is 14.4 Å². The molecule has 1 N–H and O–H groups in total. The first-order valence-electron chi connectivity index (χ1n) is 8.48. The van der Waals surface area contributed by atoms with Crippen molar-refractivity contribution in [3.63, 3.8) is 0 Å². The molecule has 4 nitrogen and oxygen atoms in total. The smallest absolute Gasteiger partial charge is 0.286 e. The second-order valence-corrected chi connectivity index (χ2v) is 7.49. The number of hydrogen-bond acceptors (Lipinski definition) is 3. The van der Waals surface area contributed by atoms with E-state index in [1.807, 2.05) is 12.3 Å². The van der Waals surface area contributed by atoms with Crippen LogP contribution in [0.15, 0.2) is 46.0 Å². The Hall–Kier alpha value is -2.39. The number of rotatable bonds is 2. The highest BCUT2D eigenvalue weighted by molar-refractivity contribution is 7.98. The minimum atomic E-state index is -4.44. The highest BCUT2D eigenvalue weighted by atomic mass is 32.2. The number of guanidine groups is 1. The predicted octanol–water partition coefficient (Wildman–Crippen LogP) is 5.69. The summed E-state index contributed by atoms with van der Waals surface area (Å²) in [4.78, 5) is 9.65. The number of aliphatic imine (C=N–C) groups is 1. The van der Waals surface area contributed by atoms with Crippen molar-refractivity contribution < 1.29 is 17.6 Å². The molecule has 0 bridgehead atoms. The van der Waals surface area contributed by atoms with Gasteiger partial charge >= 0.3 is 12.1 Å². The third kappa shape index (κ3) is 2.56. The van der Waals surface area contributed by atoms with E-state index in [9.17, 15) is 17.6 Å². The topological polar surface area (TPSA) is 37.3 Å². The van der Waals surface area contributed by atoms with Crippen molar-refractivity contribution in [2.24, 2.45) is 4.99 Å². The van der Waals surface area contributed by atoms with Gasteiger partial charge < -0.3 is 0 Å². The lowest BCUT2D eigenvalue weighted by atomic mass is 10.1. The molecule has 1 aromatic heterocycles. The molecular weight excluding hydrogens is 392 g/mol.